The molecule has 0 radical (unpaired) electrons. The Morgan fingerprint density at radius 2 is 2.00 bits per heavy atom. The molecule has 0 atom stereocenters. The number of amides is 2. The Labute approximate surface area is 115 Å². The van der Waals surface area contributed by atoms with Crippen LogP contribution in [0.5, 0.6) is 0 Å². The van der Waals surface area contributed by atoms with Crippen LogP contribution in [0.1, 0.15) is 10.4 Å². The lowest BCUT2D eigenvalue weighted by Gasteiger charge is -2.06. The molecule has 0 bridgehead atoms. The summed E-state index contributed by atoms with van der Waals surface area (Å²) in [6, 6.07) is 6.56. The van der Waals surface area contributed by atoms with Crippen molar-refractivity contribution in [2.75, 3.05) is 18.1 Å². The maximum absolute atomic E-state index is 11.7. The minimum Gasteiger partial charge on any atom is -0.367 e. The molecule has 4 N–H and O–H groups in total. The van der Waals surface area contributed by atoms with E-state index in [1.54, 1.807) is 31.3 Å². The van der Waals surface area contributed by atoms with E-state index in [2.05, 4.69) is 20.7 Å². The van der Waals surface area contributed by atoms with Gasteiger partial charge < -0.3 is 16.4 Å². The van der Waals surface area contributed by atoms with Crippen LogP contribution in [0.3, 0.4) is 0 Å². The summed E-state index contributed by atoms with van der Waals surface area (Å²) >= 11 is 0. The first kappa shape index (κ1) is 13.5. The summed E-state index contributed by atoms with van der Waals surface area (Å²) in [5.41, 5.74) is 6.47. The largest absolute Gasteiger partial charge is 0.367 e. The lowest BCUT2D eigenvalue weighted by molar-refractivity contribution is -0.116. The highest BCUT2D eigenvalue weighted by Crippen LogP contribution is 2.09. The maximum atomic E-state index is 11.7. The molecule has 1 aromatic carbocycles. The molecule has 1 heterocycles. The second-order valence-corrected chi connectivity index (χ2v) is 4.00. The van der Waals surface area contributed by atoms with E-state index in [0.29, 0.717) is 11.3 Å². The van der Waals surface area contributed by atoms with Crippen LogP contribution in [-0.2, 0) is 11.3 Å². The molecule has 8 heteroatoms. The molecule has 1 aromatic heterocycles. The normalized spacial score (nSPS) is 10.1. The number of carbonyl (C=O) groups excluding carboxylic acids is 2. The van der Waals surface area contributed by atoms with E-state index in [-0.39, 0.29) is 24.3 Å². The summed E-state index contributed by atoms with van der Waals surface area (Å²) in [6.07, 6.45) is 1.38. The number of nitrogen functional groups attached to an aromatic ring is 1. The first-order valence-electron chi connectivity index (χ1n) is 5.85. The van der Waals surface area contributed by atoms with Crippen molar-refractivity contribution in [1.82, 2.24) is 20.1 Å². The second-order valence-electron chi connectivity index (χ2n) is 4.00. The molecule has 20 heavy (non-hydrogen) atoms. The monoisotopic (exact) mass is 274 g/mol. The topological polar surface area (TPSA) is 115 Å². The van der Waals surface area contributed by atoms with Crippen molar-refractivity contribution in [2.24, 2.45) is 0 Å². The smallest absolute Gasteiger partial charge is 0.251 e. The molecule has 0 saturated carbocycles. The number of hydrogen-bond acceptors (Lipinski definition) is 5. The van der Waals surface area contributed by atoms with E-state index >= 15 is 0 Å². The van der Waals surface area contributed by atoms with E-state index < -0.39 is 0 Å². The summed E-state index contributed by atoms with van der Waals surface area (Å²) in [5.74, 6) is -0.323. The van der Waals surface area contributed by atoms with Crippen LogP contribution in [0.25, 0.3) is 0 Å². The van der Waals surface area contributed by atoms with Gasteiger partial charge in [0.15, 0.2) is 0 Å². The standard InChI is InChI=1S/C12H14N6O2/c1-14-11(20)8-2-4-9(5-3-8)16-10(19)6-18-7-15-12(13)17-18/h2-5,7H,6H2,1H3,(H2,13,17)(H,14,20)(H,16,19). The van der Waals surface area contributed by atoms with Crippen LogP contribution in [0.4, 0.5) is 11.6 Å². The molecular formula is C12H14N6O2. The zero-order valence-electron chi connectivity index (χ0n) is 10.8. The molecule has 0 spiro atoms. The van der Waals surface area contributed by atoms with Gasteiger partial charge in [-0.1, -0.05) is 0 Å². The van der Waals surface area contributed by atoms with Crippen LogP contribution in [0, 0.1) is 0 Å². The first-order valence-corrected chi connectivity index (χ1v) is 5.85. The van der Waals surface area contributed by atoms with Crippen molar-refractivity contribution in [2.45, 2.75) is 6.54 Å². The van der Waals surface area contributed by atoms with E-state index in [9.17, 15) is 9.59 Å². The Bertz CT molecular complexity index is 619. The number of carbonyl (C=O) groups is 2. The average molecular weight is 274 g/mol. The van der Waals surface area contributed by atoms with Gasteiger partial charge in [0.25, 0.3) is 5.91 Å². The van der Waals surface area contributed by atoms with Gasteiger partial charge in [-0.25, -0.2) is 9.67 Å². The molecule has 0 aliphatic rings. The maximum Gasteiger partial charge on any atom is 0.251 e. The SMILES string of the molecule is CNC(=O)c1ccc(NC(=O)Cn2cnc(N)n2)cc1. The molecule has 2 amide bonds. The number of anilines is 2. The first-order chi connectivity index (χ1) is 9.58. The summed E-state index contributed by atoms with van der Waals surface area (Å²) in [7, 11) is 1.56. The molecule has 0 aliphatic heterocycles. The van der Waals surface area contributed by atoms with Crippen LogP contribution in [0.2, 0.25) is 0 Å². The third kappa shape index (κ3) is 3.31. The third-order valence-corrected chi connectivity index (χ3v) is 2.52. The number of rotatable bonds is 4. The van der Waals surface area contributed by atoms with Gasteiger partial charge in [-0.05, 0) is 24.3 Å². The van der Waals surface area contributed by atoms with Crippen LogP contribution < -0.4 is 16.4 Å². The number of benzene rings is 1. The number of nitrogens with zero attached hydrogens (tertiary/aromatic N) is 3. The average Bonchev–Trinajstić information content (AvgIpc) is 2.84. The third-order valence-electron chi connectivity index (χ3n) is 2.52. The second kappa shape index (κ2) is 5.83. The predicted octanol–water partition coefficient (Wildman–Crippen LogP) is -0.141. The fraction of sp³-hybridized carbons (Fsp3) is 0.167. The van der Waals surface area contributed by atoms with Gasteiger partial charge in [0, 0.05) is 18.3 Å². The molecule has 2 aromatic rings. The number of aromatic nitrogens is 3. The van der Waals surface area contributed by atoms with Gasteiger partial charge in [-0.2, -0.15) is 0 Å². The molecule has 0 unspecified atom stereocenters. The fourth-order valence-electron chi connectivity index (χ4n) is 1.58. The Hall–Kier alpha value is -2.90. The lowest BCUT2D eigenvalue weighted by Crippen LogP contribution is -2.20. The molecule has 0 aliphatic carbocycles. The Morgan fingerprint density at radius 3 is 2.55 bits per heavy atom. The zero-order valence-corrected chi connectivity index (χ0v) is 10.8. The van der Waals surface area contributed by atoms with Crippen molar-refractivity contribution < 1.29 is 9.59 Å². The Kier molecular flexibility index (Phi) is 3.94. The number of hydrogen-bond donors (Lipinski definition) is 3. The molecule has 0 fully saturated rings. The quantitative estimate of drug-likeness (QED) is 0.717. The van der Waals surface area contributed by atoms with Crippen molar-refractivity contribution in [1.29, 1.82) is 0 Å². The van der Waals surface area contributed by atoms with Crippen LogP contribution >= 0.6 is 0 Å². The van der Waals surface area contributed by atoms with Crippen molar-refractivity contribution >= 4 is 23.5 Å². The lowest BCUT2D eigenvalue weighted by atomic mass is 10.2. The van der Waals surface area contributed by atoms with Gasteiger partial charge in [0.05, 0.1) is 0 Å². The number of nitrogens with one attached hydrogen (secondary N) is 2. The molecule has 8 nitrogen and oxygen atoms in total. The Morgan fingerprint density at radius 1 is 1.30 bits per heavy atom. The predicted molar refractivity (Wildman–Crippen MR) is 72.9 cm³/mol. The minimum atomic E-state index is -0.261. The van der Waals surface area contributed by atoms with Crippen molar-refractivity contribution in [3.8, 4) is 0 Å². The summed E-state index contributed by atoms with van der Waals surface area (Å²) < 4.78 is 1.34. The summed E-state index contributed by atoms with van der Waals surface area (Å²) in [4.78, 5) is 26.8. The van der Waals surface area contributed by atoms with Crippen LogP contribution in [-0.4, -0.2) is 33.6 Å². The molecule has 2 rings (SSSR count). The molecule has 104 valence electrons. The van der Waals surface area contributed by atoms with Gasteiger partial charge in [-0.3, -0.25) is 9.59 Å². The van der Waals surface area contributed by atoms with E-state index in [1.807, 2.05) is 0 Å². The molecule has 0 saturated heterocycles. The fourth-order valence-corrected chi connectivity index (χ4v) is 1.58. The zero-order chi connectivity index (χ0) is 14.5. The van der Waals surface area contributed by atoms with Gasteiger partial charge in [0.1, 0.15) is 12.9 Å². The van der Waals surface area contributed by atoms with E-state index in [4.69, 9.17) is 5.73 Å². The highest BCUT2D eigenvalue weighted by Gasteiger charge is 2.06. The van der Waals surface area contributed by atoms with Crippen molar-refractivity contribution in [3.63, 3.8) is 0 Å². The Balaban J connectivity index is 1.96. The summed E-state index contributed by atoms with van der Waals surface area (Å²) in [5, 5.41) is 9.01. The van der Waals surface area contributed by atoms with Gasteiger partial charge >= 0.3 is 0 Å². The number of nitrogens with two attached hydrogens (primary N) is 1. The van der Waals surface area contributed by atoms with Crippen molar-refractivity contribution in [3.05, 3.63) is 36.2 Å². The van der Waals surface area contributed by atoms with Gasteiger partial charge in [0.2, 0.25) is 11.9 Å². The highest BCUT2D eigenvalue weighted by atomic mass is 16.2. The highest BCUT2D eigenvalue weighted by molar-refractivity contribution is 5.95. The van der Waals surface area contributed by atoms with Crippen LogP contribution in [0.15, 0.2) is 30.6 Å². The van der Waals surface area contributed by atoms with E-state index in [1.165, 1.54) is 11.0 Å². The molecular weight excluding hydrogens is 260 g/mol. The van der Waals surface area contributed by atoms with E-state index in [0.717, 1.165) is 0 Å². The summed E-state index contributed by atoms with van der Waals surface area (Å²) in [6.45, 7) is 0.0153. The van der Waals surface area contributed by atoms with Gasteiger partial charge in [-0.15, -0.1) is 5.10 Å². The minimum absolute atomic E-state index is 0.0153.